The molecule has 0 atom stereocenters. The topological polar surface area (TPSA) is 56.7 Å². The van der Waals surface area contributed by atoms with Crippen LogP contribution < -0.4 is 0 Å². The van der Waals surface area contributed by atoms with E-state index in [0.29, 0.717) is 17.6 Å². The van der Waals surface area contributed by atoms with Crippen LogP contribution in [0.2, 0.25) is 0 Å². The molecular formula is C43H32N4O. The second kappa shape index (κ2) is 10.5. The maximum atomic E-state index is 6.38. The smallest absolute Gasteiger partial charge is 0.238 e. The molecule has 5 nitrogen and oxygen atoms in total. The summed E-state index contributed by atoms with van der Waals surface area (Å²) in [5.41, 5.74) is 10.6. The minimum Gasteiger partial charge on any atom is -0.456 e. The molecule has 0 unspecified atom stereocenters. The van der Waals surface area contributed by atoms with Gasteiger partial charge in [0.15, 0.2) is 11.6 Å². The molecule has 3 aromatic heterocycles. The standard InChI is InChI=1S/C43H32N4O/c1-5-14-38-28(6-2)33-24-32-31-18-11-13-20-36(31)47(37(32)25-39(33)48-38)42-45-40(26-15-8-7-9-16-26)44-41(46-42)27-21-22-30-29-17-10-12-19-34(29)43(3,4)35(30)23-27/h5-25H,2H2,1,3-4H3/b14-5-. The van der Waals surface area contributed by atoms with Gasteiger partial charge in [-0.15, -0.1) is 0 Å². The van der Waals surface area contributed by atoms with Crippen LogP contribution >= 0.6 is 0 Å². The average molecular weight is 621 g/mol. The Kier molecular flexibility index (Phi) is 6.15. The molecule has 0 bridgehead atoms. The maximum Gasteiger partial charge on any atom is 0.238 e. The predicted molar refractivity (Wildman–Crippen MR) is 197 cm³/mol. The lowest BCUT2D eigenvalue weighted by atomic mass is 9.82. The number of hydrogen-bond donors (Lipinski definition) is 0. The van der Waals surface area contributed by atoms with Gasteiger partial charge in [0.25, 0.3) is 0 Å². The average Bonchev–Trinajstić information content (AvgIpc) is 3.71. The van der Waals surface area contributed by atoms with E-state index in [-0.39, 0.29) is 5.41 Å². The molecule has 230 valence electrons. The molecule has 1 aliphatic carbocycles. The third-order valence-corrected chi connectivity index (χ3v) is 9.77. The highest BCUT2D eigenvalue weighted by Gasteiger charge is 2.35. The molecule has 0 radical (unpaired) electrons. The Labute approximate surface area is 278 Å². The Hall–Kier alpha value is -6.07. The maximum absolute atomic E-state index is 6.38. The minimum atomic E-state index is -0.141. The van der Waals surface area contributed by atoms with Crippen LogP contribution in [-0.2, 0) is 5.41 Å². The molecule has 5 aromatic carbocycles. The van der Waals surface area contributed by atoms with Crippen molar-refractivity contribution >= 4 is 44.9 Å². The normalized spacial score (nSPS) is 13.5. The van der Waals surface area contributed by atoms with Crippen LogP contribution in [0.5, 0.6) is 0 Å². The molecular weight excluding hydrogens is 589 g/mol. The van der Waals surface area contributed by atoms with Crippen molar-refractivity contribution in [2.24, 2.45) is 0 Å². The number of fused-ring (bicyclic) bond motifs is 7. The first-order valence-corrected chi connectivity index (χ1v) is 16.3. The molecule has 0 saturated heterocycles. The fourth-order valence-electron chi connectivity index (χ4n) is 7.45. The Balaban J connectivity index is 1.32. The lowest BCUT2D eigenvalue weighted by molar-refractivity contribution is 0.603. The van der Waals surface area contributed by atoms with Crippen molar-refractivity contribution < 1.29 is 4.42 Å². The summed E-state index contributed by atoms with van der Waals surface area (Å²) in [6.45, 7) is 10.7. The number of rotatable bonds is 5. The zero-order valence-electron chi connectivity index (χ0n) is 27.0. The summed E-state index contributed by atoms with van der Waals surface area (Å²) >= 11 is 0. The molecule has 0 N–H and O–H groups in total. The molecule has 9 rings (SSSR count). The molecule has 1 aliphatic rings. The van der Waals surface area contributed by atoms with E-state index in [9.17, 15) is 0 Å². The third kappa shape index (κ3) is 4.07. The molecule has 8 aromatic rings. The Morgan fingerprint density at radius 2 is 1.40 bits per heavy atom. The van der Waals surface area contributed by atoms with Crippen molar-refractivity contribution in [3.05, 3.63) is 144 Å². The van der Waals surface area contributed by atoms with Gasteiger partial charge in [0.1, 0.15) is 11.3 Å². The van der Waals surface area contributed by atoms with Crippen LogP contribution in [0.15, 0.2) is 126 Å². The fourth-order valence-corrected chi connectivity index (χ4v) is 7.45. The molecule has 48 heavy (non-hydrogen) atoms. The van der Waals surface area contributed by atoms with Gasteiger partial charge in [-0.05, 0) is 53.5 Å². The van der Waals surface area contributed by atoms with Gasteiger partial charge in [-0.3, -0.25) is 4.57 Å². The molecule has 0 spiro atoms. The Bertz CT molecular complexity index is 2620. The number of para-hydroxylation sites is 1. The fraction of sp³-hybridized carbons (Fsp3) is 0.0930. The van der Waals surface area contributed by atoms with E-state index >= 15 is 0 Å². The number of furan rings is 1. The van der Waals surface area contributed by atoms with E-state index in [1.807, 2.05) is 55.5 Å². The highest BCUT2D eigenvalue weighted by atomic mass is 16.3. The van der Waals surface area contributed by atoms with Crippen molar-refractivity contribution in [3.8, 4) is 39.9 Å². The number of benzene rings is 5. The third-order valence-electron chi connectivity index (χ3n) is 9.77. The van der Waals surface area contributed by atoms with Crippen molar-refractivity contribution in [2.45, 2.75) is 26.2 Å². The number of aromatic nitrogens is 4. The number of nitrogens with zero attached hydrogens (tertiary/aromatic N) is 4. The van der Waals surface area contributed by atoms with Crippen molar-refractivity contribution in [1.29, 1.82) is 0 Å². The highest BCUT2D eigenvalue weighted by Crippen LogP contribution is 2.49. The second-order valence-electron chi connectivity index (χ2n) is 12.9. The lowest BCUT2D eigenvalue weighted by Gasteiger charge is -2.21. The zero-order valence-corrected chi connectivity index (χ0v) is 27.0. The number of hydrogen-bond acceptors (Lipinski definition) is 4. The van der Waals surface area contributed by atoms with Gasteiger partial charge in [-0.1, -0.05) is 118 Å². The summed E-state index contributed by atoms with van der Waals surface area (Å²) < 4.78 is 8.51. The van der Waals surface area contributed by atoms with E-state index in [1.54, 1.807) is 0 Å². The predicted octanol–water partition coefficient (Wildman–Crippen LogP) is 11.0. The zero-order chi connectivity index (χ0) is 32.6. The van der Waals surface area contributed by atoms with Crippen LogP contribution in [0.25, 0.3) is 84.8 Å². The summed E-state index contributed by atoms with van der Waals surface area (Å²) in [5.74, 6) is 2.59. The largest absolute Gasteiger partial charge is 0.456 e. The highest BCUT2D eigenvalue weighted by molar-refractivity contribution is 6.14. The van der Waals surface area contributed by atoms with Crippen molar-refractivity contribution in [3.63, 3.8) is 0 Å². The quantitative estimate of drug-likeness (QED) is 0.192. The van der Waals surface area contributed by atoms with Crippen molar-refractivity contribution in [1.82, 2.24) is 19.5 Å². The molecule has 3 heterocycles. The lowest BCUT2D eigenvalue weighted by Crippen LogP contribution is -2.15. The molecule has 0 saturated carbocycles. The number of allylic oxidation sites excluding steroid dienone is 1. The summed E-state index contributed by atoms with van der Waals surface area (Å²) in [6.07, 6.45) is 5.83. The van der Waals surface area contributed by atoms with Gasteiger partial charge in [-0.25, -0.2) is 4.98 Å². The Morgan fingerprint density at radius 3 is 2.21 bits per heavy atom. The van der Waals surface area contributed by atoms with Crippen molar-refractivity contribution in [2.75, 3.05) is 0 Å². The van der Waals surface area contributed by atoms with E-state index in [4.69, 9.17) is 19.4 Å². The van der Waals surface area contributed by atoms with Crippen LogP contribution in [-0.4, -0.2) is 19.5 Å². The molecule has 0 amide bonds. The van der Waals surface area contributed by atoms with Gasteiger partial charge in [0.2, 0.25) is 5.95 Å². The molecule has 5 heteroatoms. The summed E-state index contributed by atoms with van der Waals surface area (Å²) in [6, 6.07) is 38.2. The molecule has 0 fully saturated rings. The summed E-state index contributed by atoms with van der Waals surface area (Å²) in [7, 11) is 0. The molecule has 0 aliphatic heterocycles. The monoisotopic (exact) mass is 620 g/mol. The van der Waals surface area contributed by atoms with Crippen LogP contribution in [0.3, 0.4) is 0 Å². The SMILES string of the molecule is C=Cc1c(/C=C\C)oc2cc3c(cc12)c1ccccc1n3-c1nc(-c2ccccc2)nc(-c2ccc3c(c2)C(C)(C)c2ccccc2-3)n1. The van der Waals surface area contributed by atoms with E-state index < -0.39 is 0 Å². The van der Waals surface area contributed by atoms with Crippen LogP contribution in [0, 0.1) is 0 Å². The van der Waals surface area contributed by atoms with Gasteiger partial charge in [-0.2, -0.15) is 9.97 Å². The summed E-state index contributed by atoms with van der Waals surface area (Å²) in [5, 5.41) is 3.23. The summed E-state index contributed by atoms with van der Waals surface area (Å²) in [4.78, 5) is 15.5. The van der Waals surface area contributed by atoms with Crippen LogP contribution in [0.1, 0.15) is 43.2 Å². The van der Waals surface area contributed by atoms with E-state index in [1.165, 1.54) is 22.3 Å². The first-order chi connectivity index (χ1) is 23.5. The van der Waals surface area contributed by atoms with Gasteiger partial charge in [0, 0.05) is 44.3 Å². The second-order valence-corrected chi connectivity index (χ2v) is 12.9. The van der Waals surface area contributed by atoms with Gasteiger partial charge >= 0.3 is 0 Å². The van der Waals surface area contributed by atoms with E-state index in [2.05, 4.69) is 104 Å². The van der Waals surface area contributed by atoms with Gasteiger partial charge < -0.3 is 4.42 Å². The van der Waals surface area contributed by atoms with Gasteiger partial charge in [0.05, 0.1) is 11.0 Å². The van der Waals surface area contributed by atoms with Crippen LogP contribution in [0.4, 0.5) is 0 Å². The first-order valence-electron chi connectivity index (χ1n) is 16.3. The first kappa shape index (κ1) is 28.2. The van der Waals surface area contributed by atoms with E-state index in [0.717, 1.165) is 55.2 Å². The minimum absolute atomic E-state index is 0.141. The Morgan fingerprint density at radius 1 is 0.667 bits per heavy atom.